The molecule has 1 N–H and O–H groups in total. The second-order valence-corrected chi connectivity index (χ2v) is 8.14. The molecule has 1 saturated heterocycles. The van der Waals surface area contributed by atoms with E-state index in [2.05, 4.69) is 30.1 Å². The number of rotatable bonds is 4. The van der Waals surface area contributed by atoms with E-state index >= 15 is 0 Å². The molecule has 31 heavy (non-hydrogen) atoms. The number of hydrogen-bond donors (Lipinski definition) is 1. The summed E-state index contributed by atoms with van der Waals surface area (Å²) in [4.78, 5) is 15.1. The summed E-state index contributed by atoms with van der Waals surface area (Å²) >= 11 is 0. The van der Waals surface area contributed by atoms with Crippen LogP contribution in [0, 0.1) is 0 Å². The first-order chi connectivity index (χ1) is 15.2. The highest BCUT2D eigenvalue weighted by Gasteiger charge is 2.23. The summed E-state index contributed by atoms with van der Waals surface area (Å²) in [6.45, 7) is 4.04. The zero-order chi connectivity index (χ0) is 21.2. The number of benzene rings is 1. The summed E-state index contributed by atoms with van der Waals surface area (Å²) in [5.74, 6) is 1.78. The van der Waals surface area contributed by atoms with Gasteiger partial charge in [0.1, 0.15) is 5.82 Å². The SMILES string of the molecule is Cn1cc(-c2nnc3n2CCC(NC(=O)c2ccc(N4CCOCC4)cc2)CC3)cn1. The predicted octanol–water partition coefficient (Wildman–Crippen LogP) is 1.65. The van der Waals surface area contributed by atoms with E-state index < -0.39 is 0 Å². The third-order valence-corrected chi connectivity index (χ3v) is 6.05. The fourth-order valence-electron chi connectivity index (χ4n) is 4.30. The quantitative estimate of drug-likeness (QED) is 0.689. The maximum absolute atomic E-state index is 12.8. The summed E-state index contributed by atoms with van der Waals surface area (Å²) in [5.41, 5.74) is 2.79. The maximum atomic E-state index is 12.8. The van der Waals surface area contributed by atoms with E-state index in [1.54, 1.807) is 4.68 Å². The van der Waals surface area contributed by atoms with Crippen molar-refractivity contribution in [1.29, 1.82) is 0 Å². The molecule has 2 aromatic heterocycles. The van der Waals surface area contributed by atoms with Crippen molar-refractivity contribution in [3.05, 3.63) is 48.0 Å². The minimum Gasteiger partial charge on any atom is -0.378 e. The Hall–Kier alpha value is -3.20. The van der Waals surface area contributed by atoms with Crippen molar-refractivity contribution in [2.75, 3.05) is 31.2 Å². The van der Waals surface area contributed by atoms with Crippen LogP contribution in [0.2, 0.25) is 0 Å². The van der Waals surface area contributed by atoms with Crippen LogP contribution in [0.4, 0.5) is 5.69 Å². The molecule has 1 fully saturated rings. The number of hydrogen-bond acceptors (Lipinski definition) is 6. The van der Waals surface area contributed by atoms with Crippen LogP contribution in [-0.4, -0.2) is 62.8 Å². The molecule has 1 unspecified atom stereocenters. The van der Waals surface area contributed by atoms with E-state index in [-0.39, 0.29) is 11.9 Å². The molecule has 9 heteroatoms. The van der Waals surface area contributed by atoms with Gasteiger partial charge in [-0.05, 0) is 37.1 Å². The van der Waals surface area contributed by atoms with Crippen molar-refractivity contribution in [1.82, 2.24) is 29.9 Å². The van der Waals surface area contributed by atoms with Gasteiger partial charge in [-0.3, -0.25) is 9.48 Å². The van der Waals surface area contributed by atoms with Gasteiger partial charge in [-0.1, -0.05) is 0 Å². The van der Waals surface area contributed by atoms with Gasteiger partial charge in [-0.25, -0.2) is 0 Å². The molecule has 1 amide bonds. The van der Waals surface area contributed by atoms with Gasteiger partial charge in [0.25, 0.3) is 5.91 Å². The standard InChI is InChI=1S/C22H27N7O2/c1-27-15-17(14-23-27)21-26-25-20-7-4-18(8-9-29(20)21)24-22(30)16-2-5-19(6-3-16)28-10-12-31-13-11-28/h2-3,5-6,14-15,18H,4,7-13H2,1H3,(H,24,30). The highest BCUT2D eigenvalue weighted by molar-refractivity contribution is 5.94. The number of anilines is 1. The number of fused-ring (bicyclic) bond motifs is 1. The second-order valence-electron chi connectivity index (χ2n) is 8.14. The van der Waals surface area contributed by atoms with Gasteiger partial charge in [0, 0.05) is 56.6 Å². The number of morpholine rings is 1. The zero-order valence-corrected chi connectivity index (χ0v) is 17.7. The molecule has 9 nitrogen and oxygen atoms in total. The van der Waals surface area contributed by atoms with Crippen LogP contribution in [0.25, 0.3) is 11.4 Å². The molecule has 0 aliphatic carbocycles. The van der Waals surface area contributed by atoms with Crippen LogP contribution < -0.4 is 10.2 Å². The van der Waals surface area contributed by atoms with Crippen LogP contribution in [0.15, 0.2) is 36.7 Å². The third-order valence-electron chi connectivity index (χ3n) is 6.05. The van der Waals surface area contributed by atoms with E-state index in [1.807, 2.05) is 43.7 Å². The largest absolute Gasteiger partial charge is 0.378 e. The first kappa shape index (κ1) is 19.7. The van der Waals surface area contributed by atoms with E-state index in [4.69, 9.17) is 4.74 Å². The monoisotopic (exact) mass is 421 g/mol. The van der Waals surface area contributed by atoms with Gasteiger partial charge < -0.3 is 19.5 Å². The number of nitrogens with zero attached hydrogens (tertiary/aromatic N) is 6. The zero-order valence-electron chi connectivity index (χ0n) is 17.7. The summed E-state index contributed by atoms with van der Waals surface area (Å²) < 4.78 is 9.33. The highest BCUT2D eigenvalue weighted by atomic mass is 16.5. The summed E-state index contributed by atoms with van der Waals surface area (Å²) in [6, 6.07) is 7.97. The Bertz CT molecular complexity index is 1050. The number of ether oxygens (including phenoxy) is 1. The Morgan fingerprint density at radius 2 is 1.90 bits per heavy atom. The first-order valence-corrected chi connectivity index (χ1v) is 10.8. The van der Waals surface area contributed by atoms with E-state index in [0.717, 1.165) is 75.0 Å². The second kappa shape index (κ2) is 8.50. The lowest BCUT2D eigenvalue weighted by Crippen LogP contribution is -2.36. The lowest BCUT2D eigenvalue weighted by atomic mass is 10.1. The molecule has 2 aliphatic rings. The van der Waals surface area contributed by atoms with Crippen LogP contribution in [0.1, 0.15) is 29.0 Å². The molecule has 162 valence electrons. The van der Waals surface area contributed by atoms with Gasteiger partial charge in [-0.15, -0.1) is 10.2 Å². The van der Waals surface area contributed by atoms with Crippen molar-refractivity contribution in [2.24, 2.45) is 7.05 Å². The first-order valence-electron chi connectivity index (χ1n) is 10.8. The minimum absolute atomic E-state index is 0.0244. The Balaban J connectivity index is 1.22. The molecule has 4 heterocycles. The number of aryl methyl sites for hydroxylation is 2. The van der Waals surface area contributed by atoms with Crippen LogP contribution in [-0.2, 0) is 24.8 Å². The summed E-state index contributed by atoms with van der Waals surface area (Å²) in [6.07, 6.45) is 6.23. The number of aromatic nitrogens is 5. The molecule has 0 saturated carbocycles. The molecule has 0 bridgehead atoms. The summed E-state index contributed by atoms with van der Waals surface area (Å²) in [5, 5.41) is 16.2. The average Bonchev–Trinajstić information content (AvgIpc) is 3.36. The molecule has 2 aliphatic heterocycles. The van der Waals surface area contributed by atoms with Crippen molar-refractivity contribution >= 4 is 11.6 Å². The van der Waals surface area contributed by atoms with Gasteiger partial charge in [-0.2, -0.15) is 5.10 Å². The molecule has 1 aromatic carbocycles. The van der Waals surface area contributed by atoms with Crippen LogP contribution >= 0.6 is 0 Å². The Morgan fingerprint density at radius 1 is 1.10 bits per heavy atom. The van der Waals surface area contributed by atoms with Crippen molar-refractivity contribution in [2.45, 2.75) is 31.8 Å². The number of nitrogens with one attached hydrogen (secondary N) is 1. The average molecular weight is 422 g/mol. The fourth-order valence-corrected chi connectivity index (χ4v) is 4.30. The molecule has 5 rings (SSSR count). The normalized spacial score (nSPS) is 19.0. The molecule has 3 aromatic rings. The van der Waals surface area contributed by atoms with Crippen molar-refractivity contribution in [3.63, 3.8) is 0 Å². The lowest BCUT2D eigenvalue weighted by molar-refractivity contribution is 0.0933. The molecular weight excluding hydrogens is 394 g/mol. The molecular formula is C22H27N7O2. The van der Waals surface area contributed by atoms with E-state index in [1.165, 1.54) is 0 Å². The number of carbonyl (C=O) groups is 1. The van der Waals surface area contributed by atoms with Crippen LogP contribution in [0.3, 0.4) is 0 Å². The molecule has 0 radical (unpaired) electrons. The maximum Gasteiger partial charge on any atom is 0.251 e. The predicted molar refractivity (Wildman–Crippen MR) is 116 cm³/mol. The minimum atomic E-state index is -0.0244. The molecule has 0 spiro atoms. The Labute approximate surface area is 181 Å². The number of carbonyl (C=O) groups excluding carboxylic acids is 1. The topological polar surface area (TPSA) is 90.1 Å². The van der Waals surface area contributed by atoms with Gasteiger partial charge >= 0.3 is 0 Å². The van der Waals surface area contributed by atoms with Gasteiger partial charge in [0.05, 0.1) is 25.0 Å². The smallest absolute Gasteiger partial charge is 0.251 e. The van der Waals surface area contributed by atoms with Gasteiger partial charge in [0.15, 0.2) is 5.82 Å². The number of amides is 1. The van der Waals surface area contributed by atoms with E-state index in [9.17, 15) is 4.79 Å². The lowest BCUT2D eigenvalue weighted by Gasteiger charge is -2.28. The van der Waals surface area contributed by atoms with Crippen LogP contribution in [0.5, 0.6) is 0 Å². The van der Waals surface area contributed by atoms with Crippen molar-refractivity contribution < 1.29 is 9.53 Å². The fraction of sp³-hybridized carbons (Fsp3) is 0.455. The Morgan fingerprint density at radius 3 is 2.65 bits per heavy atom. The Kier molecular flexibility index (Phi) is 5.42. The summed E-state index contributed by atoms with van der Waals surface area (Å²) in [7, 11) is 1.89. The third kappa shape index (κ3) is 4.18. The molecule has 1 atom stereocenters. The highest BCUT2D eigenvalue weighted by Crippen LogP contribution is 2.23. The van der Waals surface area contributed by atoms with Crippen molar-refractivity contribution in [3.8, 4) is 11.4 Å². The van der Waals surface area contributed by atoms with Gasteiger partial charge in [0.2, 0.25) is 0 Å². The van der Waals surface area contributed by atoms with E-state index in [0.29, 0.717) is 5.56 Å².